The van der Waals surface area contributed by atoms with Crippen molar-refractivity contribution >= 4 is 5.91 Å². The lowest BCUT2D eigenvalue weighted by molar-refractivity contribution is -0.133. The van der Waals surface area contributed by atoms with Crippen molar-refractivity contribution in [2.24, 2.45) is 0 Å². The summed E-state index contributed by atoms with van der Waals surface area (Å²) in [4.78, 5) is 16.0. The van der Waals surface area contributed by atoms with Crippen LogP contribution in [-0.4, -0.2) is 41.9 Å². The van der Waals surface area contributed by atoms with E-state index in [-0.39, 0.29) is 0 Å². The summed E-state index contributed by atoms with van der Waals surface area (Å²) in [6, 6.07) is 3.91. The molecule has 17 heavy (non-hydrogen) atoms. The van der Waals surface area contributed by atoms with Crippen LogP contribution in [0.3, 0.4) is 0 Å². The summed E-state index contributed by atoms with van der Waals surface area (Å²) in [6.07, 6.45) is 3.32. The Hall–Kier alpha value is -1.29. The number of rotatable bonds is 4. The van der Waals surface area contributed by atoms with Crippen molar-refractivity contribution in [3.05, 3.63) is 24.2 Å². The molecule has 0 aromatic carbocycles. The number of nitrogens with zero attached hydrogens (tertiary/aromatic N) is 2. The second-order valence-corrected chi connectivity index (χ2v) is 4.49. The van der Waals surface area contributed by atoms with Crippen LogP contribution in [0.5, 0.6) is 0 Å². The van der Waals surface area contributed by atoms with Crippen LogP contribution in [0.15, 0.2) is 22.8 Å². The summed E-state index contributed by atoms with van der Waals surface area (Å²) in [6.45, 7) is 6.47. The highest BCUT2D eigenvalue weighted by Crippen LogP contribution is 2.10. The minimum absolute atomic E-state index is 0.296. The molecular formula is C13H20N2O2. The van der Waals surface area contributed by atoms with Crippen molar-refractivity contribution in [2.45, 2.75) is 26.3 Å². The molecule has 0 bridgehead atoms. The molecule has 0 radical (unpaired) electrons. The zero-order valence-corrected chi connectivity index (χ0v) is 10.4. The van der Waals surface area contributed by atoms with Crippen LogP contribution >= 0.6 is 0 Å². The maximum atomic E-state index is 11.7. The van der Waals surface area contributed by atoms with Gasteiger partial charge in [-0.1, -0.05) is 6.92 Å². The predicted molar refractivity (Wildman–Crippen MR) is 65.5 cm³/mol. The minimum atomic E-state index is 0.296. The molecule has 1 aromatic heterocycles. The van der Waals surface area contributed by atoms with Crippen LogP contribution < -0.4 is 0 Å². The number of piperazine rings is 1. The SMILES string of the molecule is CCCC(=O)N1CCN(Cc2ccco2)CC1. The van der Waals surface area contributed by atoms with Gasteiger partial charge in [-0.2, -0.15) is 0 Å². The Morgan fingerprint density at radius 3 is 2.71 bits per heavy atom. The van der Waals surface area contributed by atoms with Gasteiger partial charge in [0.15, 0.2) is 0 Å². The largest absolute Gasteiger partial charge is 0.468 e. The summed E-state index contributed by atoms with van der Waals surface area (Å²) < 4.78 is 5.33. The molecule has 1 aromatic rings. The first kappa shape index (κ1) is 12.2. The van der Waals surface area contributed by atoms with Gasteiger partial charge in [-0.25, -0.2) is 0 Å². The van der Waals surface area contributed by atoms with Crippen LogP contribution in [-0.2, 0) is 11.3 Å². The second-order valence-electron chi connectivity index (χ2n) is 4.49. The lowest BCUT2D eigenvalue weighted by atomic mass is 10.2. The molecule has 1 aliphatic heterocycles. The fourth-order valence-corrected chi connectivity index (χ4v) is 2.15. The van der Waals surface area contributed by atoms with E-state index in [1.807, 2.05) is 24.0 Å². The average molecular weight is 236 g/mol. The van der Waals surface area contributed by atoms with Crippen molar-refractivity contribution in [3.63, 3.8) is 0 Å². The van der Waals surface area contributed by atoms with Gasteiger partial charge in [0.25, 0.3) is 0 Å². The first-order valence-corrected chi connectivity index (χ1v) is 6.32. The monoisotopic (exact) mass is 236 g/mol. The van der Waals surface area contributed by atoms with Gasteiger partial charge in [-0.3, -0.25) is 9.69 Å². The fourth-order valence-electron chi connectivity index (χ4n) is 2.15. The van der Waals surface area contributed by atoms with E-state index < -0.39 is 0 Å². The maximum absolute atomic E-state index is 11.7. The van der Waals surface area contributed by atoms with E-state index in [1.165, 1.54) is 0 Å². The quantitative estimate of drug-likeness (QED) is 0.798. The molecule has 0 unspecified atom stereocenters. The molecule has 0 spiro atoms. The van der Waals surface area contributed by atoms with E-state index in [2.05, 4.69) is 4.90 Å². The first-order valence-electron chi connectivity index (χ1n) is 6.32. The summed E-state index contributed by atoms with van der Waals surface area (Å²) in [5.41, 5.74) is 0. The van der Waals surface area contributed by atoms with Crippen LogP contribution in [0, 0.1) is 0 Å². The van der Waals surface area contributed by atoms with Crippen molar-refractivity contribution in [3.8, 4) is 0 Å². The normalized spacial score (nSPS) is 17.4. The number of carbonyl (C=O) groups excluding carboxylic acids is 1. The van der Waals surface area contributed by atoms with Gasteiger partial charge in [0.1, 0.15) is 5.76 Å². The van der Waals surface area contributed by atoms with E-state index in [0.717, 1.165) is 44.9 Å². The van der Waals surface area contributed by atoms with Crippen LogP contribution in [0.1, 0.15) is 25.5 Å². The number of amides is 1. The van der Waals surface area contributed by atoms with Gasteiger partial charge in [0.05, 0.1) is 12.8 Å². The molecule has 4 heteroatoms. The standard InChI is InChI=1S/C13H20N2O2/c1-2-4-13(16)15-8-6-14(7-9-15)11-12-5-3-10-17-12/h3,5,10H,2,4,6-9,11H2,1H3. The van der Waals surface area contributed by atoms with E-state index in [0.29, 0.717) is 12.3 Å². The van der Waals surface area contributed by atoms with Crippen molar-refractivity contribution in [1.82, 2.24) is 9.80 Å². The van der Waals surface area contributed by atoms with Crippen LogP contribution in [0.25, 0.3) is 0 Å². The highest BCUT2D eigenvalue weighted by atomic mass is 16.3. The molecule has 0 aliphatic carbocycles. The number of hydrogen-bond donors (Lipinski definition) is 0. The Labute approximate surface area is 102 Å². The molecule has 2 rings (SSSR count). The van der Waals surface area contributed by atoms with Gasteiger partial charge in [-0.15, -0.1) is 0 Å². The molecule has 1 amide bonds. The molecule has 1 fully saturated rings. The Balaban J connectivity index is 1.76. The molecule has 94 valence electrons. The van der Waals surface area contributed by atoms with E-state index in [1.54, 1.807) is 6.26 Å². The van der Waals surface area contributed by atoms with Gasteiger partial charge in [0, 0.05) is 32.6 Å². The topological polar surface area (TPSA) is 36.7 Å². The predicted octanol–water partition coefficient (Wildman–Crippen LogP) is 1.72. The van der Waals surface area contributed by atoms with Crippen molar-refractivity contribution < 1.29 is 9.21 Å². The third-order valence-corrected chi connectivity index (χ3v) is 3.15. The highest BCUT2D eigenvalue weighted by Gasteiger charge is 2.20. The van der Waals surface area contributed by atoms with Crippen LogP contribution in [0.4, 0.5) is 0 Å². The summed E-state index contributed by atoms with van der Waals surface area (Å²) in [7, 11) is 0. The third-order valence-electron chi connectivity index (χ3n) is 3.15. The Bertz CT molecular complexity index is 340. The molecule has 0 N–H and O–H groups in total. The summed E-state index contributed by atoms with van der Waals surface area (Å²) >= 11 is 0. The fraction of sp³-hybridized carbons (Fsp3) is 0.615. The molecule has 0 atom stereocenters. The van der Waals surface area contributed by atoms with Gasteiger partial charge < -0.3 is 9.32 Å². The smallest absolute Gasteiger partial charge is 0.222 e. The van der Waals surface area contributed by atoms with E-state index in [4.69, 9.17) is 4.42 Å². The zero-order valence-electron chi connectivity index (χ0n) is 10.4. The maximum Gasteiger partial charge on any atom is 0.222 e. The summed E-state index contributed by atoms with van der Waals surface area (Å²) in [5, 5.41) is 0. The Kier molecular flexibility index (Phi) is 4.20. The highest BCUT2D eigenvalue weighted by molar-refractivity contribution is 5.76. The number of hydrogen-bond acceptors (Lipinski definition) is 3. The van der Waals surface area contributed by atoms with Gasteiger partial charge >= 0.3 is 0 Å². The molecule has 2 heterocycles. The lowest BCUT2D eigenvalue weighted by Gasteiger charge is -2.34. The molecular weight excluding hydrogens is 216 g/mol. The average Bonchev–Trinajstić information content (AvgIpc) is 2.83. The van der Waals surface area contributed by atoms with Crippen molar-refractivity contribution in [2.75, 3.05) is 26.2 Å². The van der Waals surface area contributed by atoms with Crippen molar-refractivity contribution in [1.29, 1.82) is 0 Å². The second kappa shape index (κ2) is 5.87. The molecule has 1 saturated heterocycles. The Morgan fingerprint density at radius 1 is 1.35 bits per heavy atom. The molecule has 4 nitrogen and oxygen atoms in total. The summed E-state index contributed by atoms with van der Waals surface area (Å²) in [5.74, 6) is 1.29. The Morgan fingerprint density at radius 2 is 2.12 bits per heavy atom. The van der Waals surface area contributed by atoms with Crippen LogP contribution in [0.2, 0.25) is 0 Å². The first-order chi connectivity index (χ1) is 8.29. The number of furan rings is 1. The molecule has 1 aliphatic rings. The van der Waals surface area contributed by atoms with Gasteiger partial charge in [0.2, 0.25) is 5.91 Å². The van der Waals surface area contributed by atoms with Gasteiger partial charge in [-0.05, 0) is 18.6 Å². The zero-order chi connectivity index (χ0) is 12.1. The third kappa shape index (κ3) is 3.33. The lowest BCUT2D eigenvalue weighted by Crippen LogP contribution is -2.48. The molecule has 0 saturated carbocycles. The number of carbonyl (C=O) groups is 1. The van der Waals surface area contributed by atoms with E-state index in [9.17, 15) is 4.79 Å². The van der Waals surface area contributed by atoms with E-state index >= 15 is 0 Å². The minimum Gasteiger partial charge on any atom is -0.468 e.